The number of ketones is 1. The van der Waals surface area contributed by atoms with E-state index in [4.69, 9.17) is 9.47 Å². The molecule has 0 radical (unpaired) electrons. The summed E-state index contributed by atoms with van der Waals surface area (Å²) >= 11 is 0. The highest BCUT2D eigenvalue weighted by Crippen LogP contribution is 2.19. The molecule has 0 amide bonds. The Hall–Kier alpha value is -1.35. The zero-order valence-corrected chi connectivity index (χ0v) is 9.32. The number of hydrogen-bond acceptors (Lipinski definition) is 3. The third kappa shape index (κ3) is 3.36. The molecular weight excluding hydrogens is 192 g/mol. The van der Waals surface area contributed by atoms with E-state index in [1.165, 1.54) is 6.92 Å². The lowest BCUT2D eigenvalue weighted by atomic mass is 10.1. The molecule has 15 heavy (non-hydrogen) atoms. The zero-order chi connectivity index (χ0) is 11.3. The molecular formula is C12H16O3. The Labute approximate surface area is 90.0 Å². The van der Waals surface area contributed by atoms with E-state index >= 15 is 0 Å². The third-order valence-corrected chi connectivity index (χ3v) is 2.00. The maximum absolute atomic E-state index is 11.3. The van der Waals surface area contributed by atoms with Crippen LogP contribution in [0.4, 0.5) is 0 Å². The maximum Gasteiger partial charge on any atom is 0.163 e. The maximum atomic E-state index is 11.3. The molecule has 0 aromatic heterocycles. The summed E-state index contributed by atoms with van der Waals surface area (Å²) in [7, 11) is 1.62. The average molecular weight is 208 g/mol. The molecule has 1 aromatic carbocycles. The van der Waals surface area contributed by atoms with E-state index in [1.807, 2.05) is 19.1 Å². The minimum atomic E-state index is -0.0597. The Morgan fingerprint density at radius 1 is 1.40 bits per heavy atom. The molecule has 0 spiro atoms. The lowest BCUT2D eigenvalue weighted by Crippen LogP contribution is -2.19. The number of rotatable bonds is 5. The van der Waals surface area contributed by atoms with Crippen LogP contribution < -0.4 is 4.74 Å². The first-order chi connectivity index (χ1) is 7.15. The molecule has 3 heteroatoms. The molecule has 0 saturated carbocycles. The minimum Gasteiger partial charge on any atom is -0.488 e. The van der Waals surface area contributed by atoms with Crippen LogP contribution in [0.3, 0.4) is 0 Å². The van der Waals surface area contributed by atoms with Crippen molar-refractivity contribution < 1.29 is 14.3 Å². The van der Waals surface area contributed by atoms with E-state index in [0.29, 0.717) is 17.9 Å². The molecule has 0 saturated heterocycles. The predicted octanol–water partition coefficient (Wildman–Crippen LogP) is 2.30. The van der Waals surface area contributed by atoms with Crippen LogP contribution in [0.2, 0.25) is 0 Å². The van der Waals surface area contributed by atoms with Gasteiger partial charge in [-0.25, -0.2) is 0 Å². The molecule has 1 atom stereocenters. The van der Waals surface area contributed by atoms with E-state index < -0.39 is 0 Å². The number of carbonyl (C=O) groups is 1. The van der Waals surface area contributed by atoms with E-state index in [0.717, 1.165) is 0 Å². The monoisotopic (exact) mass is 208 g/mol. The molecule has 1 aromatic rings. The van der Waals surface area contributed by atoms with Crippen molar-refractivity contribution in [2.24, 2.45) is 0 Å². The summed E-state index contributed by atoms with van der Waals surface area (Å²) in [5.74, 6) is 0.629. The number of carbonyl (C=O) groups excluding carboxylic acids is 1. The van der Waals surface area contributed by atoms with Crippen LogP contribution >= 0.6 is 0 Å². The molecule has 1 unspecified atom stereocenters. The second-order valence-corrected chi connectivity index (χ2v) is 3.44. The predicted molar refractivity (Wildman–Crippen MR) is 58.4 cm³/mol. The molecule has 1 rings (SSSR count). The van der Waals surface area contributed by atoms with Crippen LogP contribution in [0.15, 0.2) is 24.3 Å². The number of benzene rings is 1. The zero-order valence-electron chi connectivity index (χ0n) is 9.32. The van der Waals surface area contributed by atoms with Crippen molar-refractivity contribution in [1.82, 2.24) is 0 Å². The van der Waals surface area contributed by atoms with E-state index in [9.17, 15) is 4.79 Å². The smallest absolute Gasteiger partial charge is 0.163 e. The highest BCUT2D eigenvalue weighted by molar-refractivity contribution is 5.96. The normalized spacial score (nSPS) is 12.2. The molecule has 0 heterocycles. The highest BCUT2D eigenvalue weighted by Gasteiger charge is 2.10. The van der Waals surface area contributed by atoms with Crippen molar-refractivity contribution in [2.75, 3.05) is 13.7 Å². The van der Waals surface area contributed by atoms with Gasteiger partial charge in [-0.3, -0.25) is 4.79 Å². The lowest BCUT2D eigenvalue weighted by molar-refractivity contribution is 0.0889. The standard InChI is InChI=1S/C12H16O3/c1-9(8-14-3)15-12-7-5-4-6-11(12)10(2)13/h4-7,9H,8H2,1-3H3. The van der Waals surface area contributed by atoms with Crippen molar-refractivity contribution in [3.05, 3.63) is 29.8 Å². The van der Waals surface area contributed by atoms with E-state index in [1.54, 1.807) is 19.2 Å². The number of hydrogen-bond donors (Lipinski definition) is 0. The molecule has 0 aliphatic heterocycles. The molecule has 0 aliphatic carbocycles. The summed E-state index contributed by atoms with van der Waals surface area (Å²) in [6.07, 6.45) is -0.0597. The van der Waals surface area contributed by atoms with Gasteiger partial charge >= 0.3 is 0 Å². The van der Waals surface area contributed by atoms with Crippen LogP contribution in [0.1, 0.15) is 24.2 Å². The first kappa shape index (κ1) is 11.7. The Morgan fingerprint density at radius 3 is 2.67 bits per heavy atom. The summed E-state index contributed by atoms with van der Waals surface area (Å²) in [4.78, 5) is 11.3. The van der Waals surface area contributed by atoms with Crippen LogP contribution in [-0.4, -0.2) is 25.6 Å². The number of ether oxygens (including phenoxy) is 2. The van der Waals surface area contributed by atoms with Crippen molar-refractivity contribution in [3.8, 4) is 5.75 Å². The molecule has 0 N–H and O–H groups in total. The van der Waals surface area contributed by atoms with Crippen LogP contribution in [0, 0.1) is 0 Å². The second kappa shape index (κ2) is 5.51. The SMILES string of the molecule is COCC(C)Oc1ccccc1C(C)=O. The van der Waals surface area contributed by atoms with Gasteiger partial charge in [0.05, 0.1) is 12.2 Å². The number of para-hydroxylation sites is 1. The largest absolute Gasteiger partial charge is 0.488 e. The van der Waals surface area contributed by atoms with Crippen LogP contribution in [0.25, 0.3) is 0 Å². The van der Waals surface area contributed by atoms with Gasteiger partial charge in [-0.05, 0) is 26.0 Å². The number of methoxy groups -OCH3 is 1. The summed E-state index contributed by atoms with van der Waals surface area (Å²) in [5, 5.41) is 0. The molecule has 0 aliphatic rings. The van der Waals surface area contributed by atoms with Gasteiger partial charge in [-0.2, -0.15) is 0 Å². The van der Waals surface area contributed by atoms with Crippen LogP contribution in [-0.2, 0) is 4.74 Å². The van der Waals surface area contributed by atoms with Gasteiger partial charge in [0.2, 0.25) is 0 Å². The van der Waals surface area contributed by atoms with Gasteiger partial charge in [-0.15, -0.1) is 0 Å². The minimum absolute atomic E-state index is 0.00946. The summed E-state index contributed by atoms with van der Waals surface area (Å²) in [5.41, 5.74) is 0.612. The summed E-state index contributed by atoms with van der Waals surface area (Å²) in [6.45, 7) is 3.94. The fraction of sp³-hybridized carbons (Fsp3) is 0.417. The van der Waals surface area contributed by atoms with Crippen molar-refractivity contribution in [1.29, 1.82) is 0 Å². The lowest BCUT2D eigenvalue weighted by Gasteiger charge is -2.15. The topological polar surface area (TPSA) is 35.5 Å². The van der Waals surface area contributed by atoms with Crippen molar-refractivity contribution in [2.45, 2.75) is 20.0 Å². The van der Waals surface area contributed by atoms with Crippen molar-refractivity contribution >= 4 is 5.78 Å². The Bertz CT molecular complexity index is 333. The van der Waals surface area contributed by atoms with Gasteiger partial charge in [0.25, 0.3) is 0 Å². The Morgan fingerprint density at radius 2 is 2.07 bits per heavy atom. The van der Waals surface area contributed by atoms with Gasteiger partial charge in [0, 0.05) is 7.11 Å². The number of Topliss-reactive ketones (excluding diaryl/α,β-unsaturated/α-hetero) is 1. The van der Waals surface area contributed by atoms with E-state index in [2.05, 4.69) is 0 Å². The highest BCUT2D eigenvalue weighted by atomic mass is 16.5. The molecule has 82 valence electrons. The third-order valence-electron chi connectivity index (χ3n) is 2.00. The van der Waals surface area contributed by atoms with Gasteiger partial charge in [-0.1, -0.05) is 12.1 Å². The van der Waals surface area contributed by atoms with Gasteiger partial charge in [0.15, 0.2) is 5.78 Å². The van der Waals surface area contributed by atoms with Gasteiger partial charge in [0.1, 0.15) is 11.9 Å². The quantitative estimate of drug-likeness (QED) is 0.696. The van der Waals surface area contributed by atoms with Crippen molar-refractivity contribution in [3.63, 3.8) is 0 Å². The average Bonchev–Trinajstić information content (AvgIpc) is 2.18. The molecule has 0 fully saturated rings. The summed E-state index contributed by atoms with van der Waals surface area (Å²) < 4.78 is 10.6. The second-order valence-electron chi connectivity index (χ2n) is 3.44. The Balaban J connectivity index is 2.79. The first-order valence-corrected chi connectivity index (χ1v) is 4.90. The van der Waals surface area contributed by atoms with Gasteiger partial charge < -0.3 is 9.47 Å². The van der Waals surface area contributed by atoms with Crippen LogP contribution in [0.5, 0.6) is 5.75 Å². The first-order valence-electron chi connectivity index (χ1n) is 4.90. The van der Waals surface area contributed by atoms with E-state index in [-0.39, 0.29) is 11.9 Å². The Kier molecular flexibility index (Phi) is 4.31. The molecule has 0 bridgehead atoms. The fourth-order valence-electron chi connectivity index (χ4n) is 1.35. The molecule has 3 nitrogen and oxygen atoms in total. The summed E-state index contributed by atoms with van der Waals surface area (Å²) in [6, 6.07) is 7.23. The fourth-order valence-corrected chi connectivity index (χ4v) is 1.35.